The SMILES string of the molecule is CCCCN(CCO)c1cnc(C(=O)OC)cn1. The van der Waals surface area contributed by atoms with E-state index in [1.807, 2.05) is 4.90 Å². The van der Waals surface area contributed by atoms with Gasteiger partial charge in [-0.15, -0.1) is 0 Å². The van der Waals surface area contributed by atoms with Gasteiger partial charge in [-0.1, -0.05) is 13.3 Å². The fourth-order valence-electron chi connectivity index (χ4n) is 1.51. The van der Waals surface area contributed by atoms with Crippen molar-refractivity contribution in [3.8, 4) is 0 Å². The van der Waals surface area contributed by atoms with Gasteiger partial charge < -0.3 is 14.7 Å². The number of unbranched alkanes of at least 4 members (excludes halogenated alkanes) is 1. The van der Waals surface area contributed by atoms with Gasteiger partial charge in [0.2, 0.25) is 0 Å². The van der Waals surface area contributed by atoms with Crippen LogP contribution in [0, 0.1) is 0 Å². The highest BCUT2D eigenvalue weighted by atomic mass is 16.5. The van der Waals surface area contributed by atoms with Crippen LogP contribution in [-0.2, 0) is 4.74 Å². The molecule has 0 atom stereocenters. The van der Waals surface area contributed by atoms with E-state index in [0.717, 1.165) is 19.4 Å². The first-order chi connectivity index (χ1) is 8.72. The molecule has 1 aromatic rings. The van der Waals surface area contributed by atoms with Crippen molar-refractivity contribution >= 4 is 11.8 Å². The summed E-state index contributed by atoms with van der Waals surface area (Å²) in [6, 6.07) is 0. The van der Waals surface area contributed by atoms with Crippen molar-refractivity contribution < 1.29 is 14.6 Å². The lowest BCUT2D eigenvalue weighted by Gasteiger charge is -2.22. The molecule has 0 radical (unpaired) electrons. The summed E-state index contributed by atoms with van der Waals surface area (Å²) in [6.07, 6.45) is 4.99. The van der Waals surface area contributed by atoms with Gasteiger partial charge in [-0.3, -0.25) is 0 Å². The first-order valence-electron chi connectivity index (χ1n) is 5.99. The van der Waals surface area contributed by atoms with Crippen molar-refractivity contribution in [1.82, 2.24) is 9.97 Å². The number of methoxy groups -OCH3 is 1. The van der Waals surface area contributed by atoms with E-state index in [0.29, 0.717) is 12.4 Å². The standard InChI is InChI=1S/C12H19N3O3/c1-3-4-5-15(6-7-16)11-9-13-10(8-14-11)12(17)18-2/h8-9,16H,3-7H2,1-2H3. The van der Waals surface area contributed by atoms with E-state index in [2.05, 4.69) is 21.6 Å². The third-order valence-electron chi connectivity index (χ3n) is 2.51. The zero-order valence-electron chi connectivity index (χ0n) is 10.8. The minimum atomic E-state index is -0.503. The Morgan fingerprint density at radius 1 is 1.39 bits per heavy atom. The van der Waals surface area contributed by atoms with Crippen molar-refractivity contribution in [1.29, 1.82) is 0 Å². The summed E-state index contributed by atoms with van der Waals surface area (Å²) in [5, 5.41) is 9.01. The molecule has 0 spiro atoms. The van der Waals surface area contributed by atoms with Crippen molar-refractivity contribution in [2.45, 2.75) is 19.8 Å². The van der Waals surface area contributed by atoms with E-state index in [4.69, 9.17) is 5.11 Å². The molecule has 1 N–H and O–H groups in total. The smallest absolute Gasteiger partial charge is 0.358 e. The second-order valence-electron chi connectivity index (χ2n) is 3.82. The van der Waals surface area contributed by atoms with E-state index in [1.165, 1.54) is 19.5 Å². The zero-order chi connectivity index (χ0) is 13.4. The molecule has 0 saturated carbocycles. The van der Waals surface area contributed by atoms with Crippen LogP contribution in [0.3, 0.4) is 0 Å². The van der Waals surface area contributed by atoms with Crippen LogP contribution in [0.5, 0.6) is 0 Å². The summed E-state index contributed by atoms with van der Waals surface area (Å²) in [5.74, 6) is 0.154. The second-order valence-corrected chi connectivity index (χ2v) is 3.82. The Balaban J connectivity index is 2.76. The third-order valence-corrected chi connectivity index (χ3v) is 2.51. The lowest BCUT2D eigenvalue weighted by atomic mass is 10.3. The predicted molar refractivity (Wildman–Crippen MR) is 67.6 cm³/mol. The molecule has 1 heterocycles. The maximum atomic E-state index is 11.2. The van der Waals surface area contributed by atoms with Crippen LogP contribution >= 0.6 is 0 Å². The maximum Gasteiger partial charge on any atom is 0.358 e. The molecule has 0 aliphatic rings. The van der Waals surface area contributed by atoms with Gasteiger partial charge in [0.05, 0.1) is 26.1 Å². The topological polar surface area (TPSA) is 75.5 Å². The average molecular weight is 253 g/mol. The Labute approximate surface area is 107 Å². The van der Waals surface area contributed by atoms with Crippen LogP contribution in [0.15, 0.2) is 12.4 Å². The van der Waals surface area contributed by atoms with Gasteiger partial charge in [0.15, 0.2) is 5.69 Å². The fourth-order valence-corrected chi connectivity index (χ4v) is 1.51. The number of aliphatic hydroxyl groups is 1. The summed E-state index contributed by atoms with van der Waals surface area (Å²) in [5.41, 5.74) is 0.181. The Kier molecular flexibility index (Phi) is 6.07. The monoisotopic (exact) mass is 253 g/mol. The van der Waals surface area contributed by atoms with E-state index < -0.39 is 5.97 Å². The minimum Gasteiger partial charge on any atom is -0.464 e. The van der Waals surface area contributed by atoms with Gasteiger partial charge in [-0.05, 0) is 6.42 Å². The number of esters is 1. The van der Waals surface area contributed by atoms with E-state index in [-0.39, 0.29) is 12.3 Å². The Morgan fingerprint density at radius 2 is 2.17 bits per heavy atom. The second kappa shape index (κ2) is 7.60. The Bertz CT molecular complexity index is 367. The van der Waals surface area contributed by atoms with Crippen molar-refractivity contribution in [3.05, 3.63) is 18.1 Å². The van der Waals surface area contributed by atoms with Crippen molar-refractivity contribution in [3.63, 3.8) is 0 Å². The van der Waals surface area contributed by atoms with Crippen LogP contribution in [0.4, 0.5) is 5.82 Å². The normalized spacial score (nSPS) is 10.2. The molecule has 0 aliphatic heterocycles. The summed E-state index contributed by atoms with van der Waals surface area (Å²) in [6.45, 7) is 3.48. The van der Waals surface area contributed by atoms with Gasteiger partial charge in [0.1, 0.15) is 5.82 Å². The van der Waals surface area contributed by atoms with Gasteiger partial charge in [0.25, 0.3) is 0 Å². The Morgan fingerprint density at radius 3 is 2.67 bits per heavy atom. The molecule has 0 bridgehead atoms. The van der Waals surface area contributed by atoms with Crippen LogP contribution in [-0.4, -0.2) is 47.8 Å². The number of ether oxygens (including phenoxy) is 1. The summed E-state index contributed by atoms with van der Waals surface area (Å²) in [7, 11) is 1.30. The molecule has 6 heteroatoms. The predicted octanol–water partition coefficient (Wildman–Crippen LogP) is 0.862. The van der Waals surface area contributed by atoms with Gasteiger partial charge in [-0.25, -0.2) is 14.8 Å². The highest BCUT2D eigenvalue weighted by molar-refractivity contribution is 5.86. The fraction of sp³-hybridized carbons (Fsp3) is 0.583. The lowest BCUT2D eigenvalue weighted by molar-refractivity contribution is 0.0593. The van der Waals surface area contributed by atoms with Crippen LogP contribution in [0.25, 0.3) is 0 Å². The van der Waals surface area contributed by atoms with Gasteiger partial charge in [-0.2, -0.15) is 0 Å². The molecule has 0 aliphatic carbocycles. The molecule has 0 fully saturated rings. The molecule has 6 nitrogen and oxygen atoms in total. The highest BCUT2D eigenvalue weighted by Crippen LogP contribution is 2.10. The molecular formula is C12H19N3O3. The highest BCUT2D eigenvalue weighted by Gasteiger charge is 2.11. The van der Waals surface area contributed by atoms with E-state index >= 15 is 0 Å². The molecule has 0 saturated heterocycles. The zero-order valence-corrected chi connectivity index (χ0v) is 10.8. The van der Waals surface area contributed by atoms with E-state index in [9.17, 15) is 4.79 Å². The minimum absolute atomic E-state index is 0.0597. The number of rotatable bonds is 7. The number of carbonyl (C=O) groups is 1. The van der Waals surface area contributed by atoms with Crippen LogP contribution in [0.2, 0.25) is 0 Å². The molecule has 1 rings (SSSR count). The van der Waals surface area contributed by atoms with Crippen LogP contribution < -0.4 is 4.90 Å². The molecule has 18 heavy (non-hydrogen) atoms. The number of hydrogen-bond acceptors (Lipinski definition) is 6. The first kappa shape index (κ1) is 14.4. The van der Waals surface area contributed by atoms with Crippen LogP contribution in [0.1, 0.15) is 30.3 Å². The number of carbonyl (C=O) groups excluding carboxylic acids is 1. The molecule has 100 valence electrons. The van der Waals surface area contributed by atoms with E-state index in [1.54, 1.807) is 0 Å². The molecular weight excluding hydrogens is 234 g/mol. The average Bonchev–Trinajstić information content (AvgIpc) is 2.43. The number of anilines is 1. The van der Waals surface area contributed by atoms with Crippen molar-refractivity contribution in [2.75, 3.05) is 31.7 Å². The van der Waals surface area contributed by atoms with Crippen molar-refractivity contribution in [2.24, 2.45) is 0 Å². The molecule has 0 amide bonds. The number of hydrogen-bond donors (Lipinski definition) is 1. The molecule has 0 unspecified atom stereocenters. The first-order valence-corrected chi connectivity index (χ1v) is 5.99. The quantitative estimate of drug-likeness (QED) is 0.726. The lowest BCUT2D eigenvalue weighted by Crippen LogP contribution is -2.28. The Hall–Kier alpha value is -1.69. The summed E-state index contributed by atoms with van der Waals surface area (Å²) >= 11 is 0. The van der Waals surface area contributed by atoms with Gasteiger partial charge >= 0.3 is 5.97 Å². The van der Waals surface area contributed by atoms with Gasteiger partial charge in [0, 0.05) is 13.1 Å². The number of aliphatic hydroxyl groups excluding tert-OH is 1. The summed E-state index contributed by atoms with van der Waals surface area (Å²) in [4.78, 5) is 21.3. The number of nitrogens with zero attached hydrogens (tertiary/aromatic N) is 3. The number of aromatic nitrogens is 2. The summed E-state index contributed by atoms with van der Waals surface area (Å²) < 4.78 is 4.55. The molecule has 1 aromatic heterocycles. The third kappa shape index (κ3) is 3.96. The maximum absolute atomic E-state index is 11.2. The molecule has 0 aromatic carbocycles. The largest absolute Gasteiger partial charge is 0.464 e.